The smallest absolute Gasteiger partial charge is 0.267 e. The number of aryl methyl sites for hydroxylation is 1. The number of aromatic nitrogens is 1. The lowest BCUT2D eigenvalue weighted by atomic mass is 10.3. The highest BCUT2D eigenvalue weighted by Gasteiger charge is 2.14. The Labute approximate surface area is 134 Å². The van der Waals surface area contributed by atoms with Gasteiger partial charge in [0, 0.05) is 43.3 Å². The van der Waals surface area contributed by atoms with Gasteiger partial charge in [-0.1, -0.05) is 6.92 Å². The van der Waals surface area contributed by atoms with E-state index in [1.165, 1.54) is 0 Å². The molecule has 0 fully saturated rings. The molecule has 0 unspecified atom stereocenters. The minimum absolute atomic E-state index is 0.0745. The van der Waals surface area contributed by atoms with Crippen molar-refractivity contribution in [3.63, 3.8) is 0 Å². The zero-order valence-electron chi connectivity index (χ0n) is 13.0. The highest BCUT2D eigenvalue weighted by atomic mass is 79.9. The second kappa shape index (κ2) is 8.87. The quantitative estimate of drug-likeness (QED) is 0.777. The number of carbonyl (C=O) groups is 2. The predicted octanol–water partition coefficient (Wildman–Crippen LogP) is 2.65. The molecule has 6 heteroatoms. The third-order valence-corrected chi connectivity index (χ3v) is 3.73. The molecule has 0 bridgehead atoms. The van der Waals surface area contributed by atoms with Crippen molar-refractivity contribution in [2.45, 2.75) is 40.2 Å². The number of halogens is 1. The van der Waals surface area contributed by atoms with Gasteiger partial charge in [0.1, 0.15) is 5.69 Å². The maximum Gasteiger partial charge on any atom is 0.267 e. The van der Waals surface area contributed by atoms with E-state index in [4.69, 9.17) is 0 Å². The normalized spacial score (nSPS) is 10.5. The van der Waals surface area contributed by atoms with Gasteiger partial charge in [-0.25, -0.2) is 0 Å². The van der Waals surface area contributed by atoms with Crippen LogP contribution in [0.25, 0.3) is 0 Å². The van der Waals surface area contributed by atoms with E-state index in [1.807, 2.05) is 24.6 Å². The first-order valence-electron chi connectivity index (χ1n) is 7.45. The van der Waals surface area contributed by atoms with Gasteiger partial charge in [0.25, 0.3) is 5.91 Å². The molecule has 0 aromatic carbocycles. The van der Waals surface area contributed by atoms with Crippen molar-refractivity contribution in [3.8, 4) is 0 Å². The minimum Gasteiger partial charge on any atom is -0.350 e. The molecule has 1 rings (SSSR count). The molecular weight excluding hydrogens is 334 g/mol. The molecule has 1 aromatic heterocycles. The number of hydrogen-bond donors (Lipinski definition) is 1. The maximum absolute atomic E-state index is 12.2. The summed E-state index contributed by atoms with van der Waals surface area (Å²) in [6.07, 6.45) is 3.20. The van der Waals surface area contributed by atoms with Crippen LogP contribution in [0, 0.1) is 0 Å². The summed E-state index contributed by atoms with van der Waals surface area (Å²) in [5, 5.41) is 2.82. The average molecular weight is 358 g/mol. The average Bonchev–Trinajstić information content (AvgIpc) is 2.81. The first kappa shape index (κ1) is 17.8. The van der Waals surface area contributed by atoms with Crippen LogP contribution in [0.3, 0.4) is 0 Å². The van der Waals surface area contributed by atoms with E-state index in [0.717, 1.165) is 17.4 Å². The Morgan fingerprint density at radius 1 is 1.29 bits per heavy atom. The Kier molecular flexibility index (Phi) is 7.50. The molecule has 1 N–H and O–H groups in total. The van der Waals surface area contributed by atoms with E-state index >= 15 is 0 Å². The fourth-order valence-corrected chi connectivity index (χ4v) is 2.66. The van der Waals surface area contributed by atoms with Crippen LogP contribution in [0.15, 0.2) is 16.7 Å². The van der Waals surface area contributed by atoms with Gasteiger partial charge in [0.05, 0.1) is 0 Å². The van der Waals surface area contributed by atoms with E-state index in [2.05, 4.69) is 28.2 Å². The fraction of sp³-hybridized carbons (Fsp3) is 0.600. The Morgan fingerprint density at radius 3 is 2.52 bits per heavy atom. The first-order chi connectivity index (χ1) is 10.0. The van der Waals surface area contributed by atoms with Crippen molar-refractivity contribution in [1.29, 1.82) is 0 Å². The van der Waals surface area contributed by atoms with Crippen LogP contribution in [-0.4, -0.2) is 40.9 Å². The third kappa shape index (κ3) is 5.19. The van der Waals surface area contributed by atoms with Crippen molar-refractivity contribution in [3.05, 3.63) is 22.4 Å². The van der Waals surface area contributed by atoms with Gasteiger partial charge in [-0.2, -0.15) is 0 Å². The number of nitrogens with zero attached hydrogens (tertiary/aromatic N) is 2. The van der Waals surface area contributed by atoms with Crippen molar-refractivity contribution in [2.75, 3.05) is 19.6 Å². The van der Waals surface area contributed by atoms with Gasteiger partial charge in [-0.3, -0.25) is 9.59 Å². The number of hydrogen-bond acceptors (Lipinski definition) is 2. The summed E-state index contributed by atoms with van der Waals surface area (Å²) >= 11 is 3.39. The highest BCUT2D eigenvalue weighted by Crippen LogP contribution is 2.15. The van der Waals surface area contributed by atoms with Crippen LogP contribution in [-0.2, 0) is 11.3 Å². The number of nitrogens with one attached hydrogen (secondary N) is 1. The van der Waals surface area contributed by atoms with Crippen LogP contribution < -0.4 is 5.32 Å². The van der Waals surface area contributed by atoms with Crippen LogP contribution in [0.1, 0.15) is 44.1 Å². The van der Waals surface area contributed by atoms with Crippen molar-refractivity contribution >= 4 is 27.7 Å². The van der Waals surface area contributed by atoms with Crippen LogP contribution in [0.4, 0.5) is 0 Å². The van der Waals surface area contributed by atoms with Gasteiger partial charge in [-0.15, -0.1) is 0 Å². The van der Waals surface area contributed by atoms with Gasteiger partial charge in [-0.05, 0) is 42.3 Å². The van der Waals surface area contributed by atoms with Crippen molar-refractivity contribution in [2.24, 2.45) is 0 Å². The first-order valence-corrected chi connectivity index (χ1v) is 8.24. The summed E-state index contributed by atoms with van der Waals surface area (Å²) in [7, 11) is 0. The van der Waals surface area contributed by atoms with Gasteiger partial charge in [0.15, 0.2) is 0 Å². The molecule has 0 saturated heterocycles. The van der Waals surface area contributed by atoms with E-state index < -0.39 is 0 Å². The predicted molar refractivity (Wildman–Crippen MR) is 87.3 cm³/mol. The van der Waals surface area contributed by atoms with Gasteiger partial charge < -0.3 is 14.8 Å². The zero-order chi connectivity index (χ0) is 15.8. The summed E-state index contributed by atoms with van der Waals surface area (Å²) in [5.41, 5.74) is 0.624. The summed E-state index contributed by atoms with van der Waals surface area (Å²) in [5.74, 6) is -0.0630. The molecule has 0 spiro atoms. The van der Waals surface area contributed by atoms with Gasteiger partial charge in [0.2, 0.25) is 5.91 Å². The molecule has 0 saturated carbocycles. The van der Waals surface area contributed by atoms with Crippen LogP contribution >= 0.6 is 15.9 Å². The van der Waals surface area contributed by atoms with Gasteiger partial charge >= 0.3 is 0 Å². The lowest BCUT2D eigenvalue weighted by molar-refractivity contribution is -0.130. The highest BCUT2D eigenvalue weighted by molar-refractivity contribution is 9.10. The van der Waals surface area contributed by atoms with Crippen molar-refractivity contribution < 1.29 is 9.59 Å². The number of carbonyl (C=O) groups excluding carboxylic acids is 2. The van der Waals surface area contributed by atoms with Crippen molar-refractivity contribution in [1.82, 2.24) is 14.8 Å². The monoisotopic (exact) mass is 357 g/mol. The molecule has 5 nitrogen and oxygen atoms in total. The molecular formula is C15H24BrN3O2. The molecule has 1 heterocycles. The Balaban J connectivity index is 2.52. The Morgan fingerprint density at radius 2 is 1.95 bits per heavy atom. The summed E-state index contributed by atoms with van der Waals surface area (Å²) in [4.78, 5) is 25.8. The van der Waals surface area contributed by atoms with Crippen LogP contribution in [0.5, 0.6) is 0 Å². The summed E-state index contributed by atoms with van der Waals surface area (Å²) in [6, 6.07) is 1.80. The maximum atomic E-state index is 12.2. The molecule has 0 aliphatic heterocycles. The topological polar surface area (TPSA) is 54.3 Å². The molecule has 0 aliphatic carbocycles. The van der Waals surface area contributed by atoms with E-state index in [1.54, 1.807) is 11.0 Å². The number of rotatable bonds is 8. The van der Waals surface area contributed by atoms with Crippen LogP contribution in [0.2, 0.25) is 0 Å². The lowest BCUT2D eigenvalue weighted by Crippen LogP contribution is -2.34. The standard InChI is InChI=1S/C15H24BrN3O2/c1-4-9-19-11-12(16)10-13(19)15(21)17-8-7-14(20)18(5-2)6-3/h10-11H,4-9H2,1-3H3,(H,17,21). The van der Waals surface area contributed by atoms with E-state index in [9.17, 15) is 9.59 Å². The number of amides is 2. The largest absolute Gasteiger partial charge is 0.350 e. The third-order valence-electron chi connectivity index (χ3n) is 3.30. The molecule has 1 aromatic rings. The lowest BCUT2D eigenvalue weighted by Gasteiger charge is -2.18. The molecule has 0 radical (unpaired) electrons. The Hall–Kier alpha value is -1.30. The molecule has 0 aliphatic rings. The fourth-order valence-electron chi connectivity index (χ4n) is 2.20. The molecule has 118 valence electrons. The molecule has 21 heavy (non-hydrogen) atoms. The second-order valence-corrected chi connectivity index (χ2v) is 5.72. The second-order valence-electron chi connectivity index (χ2n) is 4.81. The van der Waals surface area contributed by atoms with E-state index in [0.29, 0.717) is 31.7 Å². The SMILES string of the molecule is CCCn1cc(Br)cc1C(=O)NCCC(=O)N(CC)CC. The molecule has 2 amide bonds. The molecule has 0 atom stereocenters. The summed E-state index contributed by atoms with van der Waals surface area (Å²) in [6.45, 7) is 8.55. The summed E-state index contributed by atoms with van der Waals surface area (Å²) < 4.78 is 2.81. The zero-order valence-corrected chi connectivity index (χ0v) is 14.6. The Bertz CT molecular complexity index is 481. The van der Waals surface area contributed by atoms with E-state index in [-0.39, 0.29) is 11.8 Å². The minimum atomic E-state index is -0.138.